The van der Waals surface area contributed by atoms with Crippen LogP contribution in [0.1, 0.15) is 5.89 Å². The second-order valence-electron chi connectivity index (χ2n) is 4.45. The van der Waals surface area contributed by atoms with Gasteiger partial charge in [0.05, 0.1) is 10.6 Å². The second kappa shape index (κ2) is 5.16. The van der Waals surface area contributed by atoms with E-state index in [1.807, 2.05) is 0 Å². The maximum Gasteiger partial charge on any atom is 0.262 e. The first-order chi connectivity index (χ1) is 9.95. The van der Waals surface area contributed by atoms with Crippen molar-refractivity contribution in [2.75, 3.05) is 4.72 Å². The predicted molar refractivity (Wildman–Crippen MR) is 83.7 cm³/mol. The summed E-state index contributed by atoms with van der Waals surface area (Å²) in [7, 11) is -3.67. The van der Waals surface area contributed by atoms with Gasteiger partial charge in [0.1, 0.15) is 5.52 Å². The quantitative estimate of drug-likeness (QED) is 0.766. The van der Waals surface area contributed by atoms with Crippen LogP contribution in [0.15, 0.2) is 56.2 Å². The number of sulfonamides is 1. The van der Waals surface area contributed by atoms with Crippen molar-refractivity contribution in [3.63, 3.8) is 0 Å². The van der Waals surface area contributed by atoms with Crippen LogP contribution in [-0.2, 0) is 10.0 Å². The Morgan fingerprint density at radius 1 is 1.14 bits per heavy atom. The van der Waals surface area contributed by atoms with Crippen LogP contribution in [-0.4, -0.2) is 13.4 Å². The van der Waals surface area contributed by atoms with E-state index in [4.69, 9.17) is 4.42 Å². The van der Waals surface area contributed by atoms with E-state index >= 15 is 0 Å². The first kappa shape index (κ1) is 14.1. The maximum absolute atomic E-state index is 12.4. The first-order valence-corrected chi connectivity index (χ1v) is 8.38. The molecule has 0 unspecified atom stereocenters. The molecule has 5 nitrogen and oxygen atoms in total. The zero-order valence-electron chi connectivity index (χ0n) is 11.0. The number of rotatable bonds is 3. The zero-order valence-corrected chi connectivity index (χ0v) is 13.4. The summed E-state index contributed by atoms with van der Waals surface area (Å²) in [5, 5.41) is 0. The van der Waals surface area contributed by atoms with E-state index in [9.17, 15) is 8.42 Å². The number of anilines is 1. The van der Waals surface area contributed by atoms with E-state index in [-0.39, 0.29) is 4.90 Å². The lowest BCUT2D eigenvalue weighted by molar-refractivity contribution is 0.561. The lowest BCUT2D eigenvalue weighted by Gasteiger charge is -2.08. The highest BCUT2D eigenvalue weighted by Crippen LogP contribution is 2.26. The van der Waals surface area contributed by atoms with Crippen molar-refractivity contribution in [3.05, 3.63) is 52.8 Å². The van der Waals surface area contributed by atoms with Crippen LogP contribution in [0.25, 0.3) is 11.1 Å². The Hall–Kier alpha value is -1.86. The highest BCUT2D eigenvalue weighted by Gasteiger charge is 2.17. The molecule has 0 aliphatic rings. The molecule has 0 aliphatic carbocycles. The van der Waals surface area contributed by atoms with Crippen molar-refractivity contribution in [2.45, 2.75) is 11.8 Å². The average Bonchev–Trinajstić information content (AvgIpc) is 2.80. The normalized spacial score (nSPS) is 11.7. The summed E-state index contributed by atoms with van der Waals surface area (Å²) in [5.74, 6) is 0.486. The highest BCUT2D eigenvalue weighted by molar-refractivity contribution is 9.10. The van der Waals surface area contributed by atoms with Crippen LogP contribution in [0, 0.1) is 6.92 Å². The molecule has 0 amide bonds. The topological polar surface area (TPSA) is 72.2 Å². The maximum atomic E-state index is 12.4. The van der Waals surface area contributed by atoms with Gasteiger partial charge in [-0.25, -0.2) is 13.4 Å². The van der Waals surface area contributed by atoms with Crippen LogP contribution in [0.2, 0.25) is 0 Å². The number of benzene rings is 2. The number of hydrogen-bond donors (Lipinski definition) is 1. The fraction of sp³-hybridized carbons (Fsp3) is 0.0714. The number of nitrogens with zero attached hydrogens (tertiary/aromatic N) is 1. The van der Waals surface area contributed by atoms with E-state index in [0.29, 0.717) is 22.7 Å². The largest absolute Gasteiger partial charge is 0.439 e. The third-order valence-electron chi connectivity index (χ3n) is 2.89. The van der Waals surface area contributed by atoms with Gasteiger partial charge in [0.15, 0.2) is 11.5 Å². The molecule has 0 aliphatic heterocycles. The molecular formula is C14H11BrN2O3S. The van der Waals surface area contributed by atoms with Gasteiger partial charge in [-0.2, -0.15) is 0 Å². The minimum atomic E-state index is -3.67. The summed E-state index contributed by atoms with van der Waals surface area (Å²) in [6.45, 7) is 1.72. The Bertz CT molecular complexity index is 902. The van der Waals surface area contributed by atoms with E-state index in [1.165, 1.54) is 12.1 Å². The van der Waals surface area contributed by atoms with E-state index in [2.05, 4.69) is 25.6 Å². The third-order valence-corrected chi connectivity index (χ3v) is 4.80. The average molecular weight is 367 g/mol. The summed E-state index contributed by atoms with van der Waals surface area (Å²) in [6.07, 6.45) is 0. The molecule has 108 valence electrons. The van der Waals surface area contributed by atoms with Crippen molar-refractivity contribution in [1.29, 1.82) is 0 Å². The highest BCUT2D eigenvalue weighted by atomic mass is 79.9. The lowest BCUT2D eigenvalue weighted by Crippen LogP contribution is -2.12. The monoisotopic (exact) mass is 366 g/mol. The van der Waals surface area contributed by atoms with Crippen LogP contribution in [0.3, 0.4) is 0 Å². The Kier molecular flexibility index (Phi) is 3.46. The number of fused-ring (bicyclic) bond motifs is 1. The molecule has 21 heavy (non-hydrogen) atoms. The number of aromatic nitrogens is 1. The number of nitrogens with one attached hydrogen (secondary N) is 1. The second-order valence-corrected chi connectivity index (χ2v) is 7.04. The van der Waals surface area contributed by atoms with Gasteiger partial charge in [-0.15, -0.1) is 0 Å². The van der Waals surface area contributed by atoms with Crippen molar-refractivity contribution in [2.24, 2.45) is 0 Å². The molecular weight excluding hydrogens is 356 g/mol. The van der Waals surface area contributed by atoms with Crippen molar-refractivity contribution in [1.82, 2.24) is 4.98 Å². The van der Waals surface area contributed by atoms with Crippen molar-refractivity contribution >= 4 is 42.7 Å². The predicted octanol–water partition coefficient (Wildman–Crippen LogP) is 3.70. The summed E-state index contributed by atoms with van der Waals surface area (Å²) < 4.78 is 33.6. The first-order valence-electron chi connectivity index (χ1n) is 6.10. The number of oxazole rings is 1. The molecule has 7 heteroatoms. The summed E-state index contributed by atoms with van der Waals surface area (Å²) >= 11 is 3.28. The van der Waals surface area contributed by atoms with E-state index in [1.54, 1.807) is 37.3 Å². The number of para-hydroxylation sites is 1. The van der Waals surface area contributed by atoms with Crippen LogP contribution >= 0.6 is 15.9 Å². The molecule has 0 radical (unpaired) electrons. The molecule has 1 N–H and O–H groups in total. The molecule has 0 spiro atoms. The standard InChI is InChI=1S/C14H11BrN2O3S/c1-9-16-12-3-2-4-13(14(12)20-9)17-21(18,19)11-7-5-10(15)6-8-11/h2-8,17H,1H3. The summed E-state index contributed by atoms with van der Waals surface area (Å²) in [5.41, 5.74) is 1.41. The molecule has 1 heterocycles. The Labute approximate surface area is 130 Å². The van der Waals surface area contributed by atoms with Gasteiger partial charge in [0.2, 0.25) is 0 Å². The summed E-state index contributed by atoms with van der Waals surface area (Å²) in [6, 6.07) is 11.5. The SMILES string of the molecule is Cc1nc2cccc(NS(=O)(=O)c3ccc(Br)cc3)c2o1. The van der Waals surface area contributed by atoms with Gasteiger partial charge in [-0.05, 0) is 36.4 Å². The minimum absolute atomic E-state index is 0.180. The molecule has 3 rings (SSSR count). The molecule has 1 aromatic heterocycles. The molecule has 0 saturated heterocycles. The Balaban J connectivity index is 2.03. The van der Waals surface area contributed by atoms with E-state index in [0.717, 1.165) is 4.47 Å². The van der Waals surface area contributed by atoms with Gasteiger partial charge < -0.3 is 4.42 Å². The molecule has 3 aromatic rings. The van der Waals surface area contributed by atoms with Gasteiger partial charge >= 0.3 is 0 Å². The molecule has 2 aromatic carbocycles. The Morgan fingerprint density at radius 2 is 1.86 bits per heavy atom. The fourth-order valence-electron chi connectivity index (χ4n) is 1.96. The number of hydrogen-bond acceptors (Lipinski definition) is 4. The van der Waals surface area contributed by atoms with Crippen LogP contribution in [0.5, 0.6) is 0 Å². The molecule has 0 fully saturated rings. The summed E-state index contributed by atoms with van der Waals surface area (Å²) in [4.78, 5) is 4.36. The van der Waals surface area contributed by atoms with Gasteiger partial charge in [0.25, 0.3) is 10.0 Å². The number of aryl methyl sites for hydroxylation is 1. The molecule has 0 atom stereocenters. The van der Waals surface area contributed by atoms with Crippen molar-refractivity contribution in [3.8, 4) is 0 Å². The van der Waals surface area contributed by atoms with Crippen LogP contribution < -0.4 is 4.72 Å². The van der Waals surface area contributed by atoms with Crippen molar-refractivity contribution < 1.29 is 12.8 Å². The number of halogens is 1. The lowest BCUT2D eigenvalue weighted by atomic mass is 10.3. The molecule has 0 saturated carbocycles. The minimum Gasteiger partial charge on any atom is -0.439 e. The van der Waals surface area contributed by atoms with Gasteiger partial charge in [-0.1, -0.05) is 22.0 Å². The molecule has 0 bridgehead atoms. The van der Waals surface area contributed by atoms with E-state index < -0.39 is 10.0 Å². The zero-order chi connectivity index (χ0) is 15.0. The Morgan fingerprint density at radius 3 is 2.57 bits per heavy atom. The van der Waals surface area contributed by atoms with Crippen LogP contribution in [0.4, 0.5) is 5.69 Å². The van der Waals surface area contributed by atoms with Gasteiger partial charge in [-0.3, -0.25) is 4.72 Å². The smallest absolute Gasteiger partial charge is 0.262 e. The fourth-order valence-corrected chi connectivity index (χ4v) is 3.28. The van der Waals surface area contributed by atoms with Gasteiger partial charge in [0, 0.05) is 11.4 Å². The third kappa shape index (κ3) is 2.79.